The van der Waals surface area contributed by atoms with Crippen molar-refractivity contribution in [2.45, 2.75) is 13.0 Å². The van der Waals surface area contributed by atoms with Gasteiger partial charge in [0.2, 0.25) is 0 Å². The Kier molecular flexibility index (Phi) is 2.10. The summed E-state index contributed by atoms with van der Waals surface area (Å²) >= 11 is 0. The molecule has 0 spiro atoms. The van der Waals surface area contributed by atoms with Crippen LogP contribution in [0.2, 0.25) is 0 Å². The van der Waals surface area contributed by atoms with Crippen LogP contribution in [0.15, 0.2) is 18.2 Å². The van der Waals surface area contributed by atoms with Gasteiger partial charge in [-0.2, -0.15) is 0 Å². The topological polar surface area (TPSA) is 44.5 Å². The summed E-state index contributed by atoms with van der Waals surface area (Å²) in [6.07, 6.45) is 0. The molecule has 1 aromatic carbocycles. The van der Waals surface area contributed by atoms with Crippen LogP contribution in [0.5, 0.6) is 11.5 Å². The van der Waals surface area contributed by atoms with E-state index in [0.29, 0.717) is 13.2 Å². The lowest BCUT2D eigenvalue weighted by atomic mass is 10.1. The molecule has 0 fully saturated rings. The molecule has 1 heterocycles. The molecule has 13 heavy (non-hydrogen) atoms. The van der Waals surface area contributed by atoms with Gasteiger partial charge >= 0.3 is 0 Å². The maximum Gasteiger partial charge on any atom is 0.166 e. The van der Waals surface area contributed by atoms with Gasteiger partial charge in [-0.25, -0.2) is 0 Å². The maximum absolute atomic E-state index is 5.80. The zero-order valence-electron chi connectivity index (χ0n) is 7.62. The summed E-state index contributed by atoms with van der Waals surface area (Å²) in [6.45, 7) is 3.17. The number of hydrogen-bond acceptors (Lipinski definition) is 3. The highest BCUT2D eigenvalue weighted by atomic mass is 16.6. The second-order valence-corrected chi connectivity index (χ2v) is 3.16. The van der Waals surface area contributed by atoms with Crippen molar-refractivity contribution in [3.05, 3.63) is 23.8 Å². The standard InChI is InChI=1S/C10H13NO2/c1-7(11)8-3-2-4-9-10(8)13-6-5-12-9/h2-4,7H,5-6,11H2,1H3/t7-/m0/s1. The van der Waals surface area contributed by atoms with E-state index in [1.54, 1.807) is 0 Å². The summed E-state index contributed by atoms with van der Waals surface area (Å²) in [5.41, 5.74) is 6.81. The Bertz CT molecular complexity index is 310. The fraction of sp³-hybridized carbons (Fsp3) is 0.400. The molecule has 0 unspecified atom stereocenters. The van der Waals surface area contributed by atoms with Gasteiger partial charge in [-0.3, -0.25) is 0 Å². The predicted molar refractivity (Wildman–Crippen MR) is 50.0 cm³/mol. The van der Waals surface area contributed by atoms with Gasteiger partial charge in [0.05, 0.1) is 0 Å². The predicted octanol–water partition coefficient (Wildman–Crippen LogP) is 1.48. The van der Waals surface area contributed by atoms with Gasteiger partial charge in [0, 0.05) is 11.6 Å². The maximum atomic E-state index is 5.80. The van der Waals surface area contributed by atoms with Crippen LogP contribution >= 0.6 is 0 Å². The van der Waals surface area contributed by atoms with E-state index in [2.05, 4.69) is 0 Å². The van der Waals surface area contributed by atoms with Crippen molar-refractivity contribution >= 4 is 0 Å². The van der Waals surface area contributed by atoms with Crippen molar-refractivity contribution in [3.8, 4) is 11.5 Å². The quantitative estimate of drug-likeness (QED) is 0.710. The molecule has 3 heteroatoms. The Morgan fingerprint density at radius 3 is 2.85 bits per heavy atom. The monoisotopic (exact) mass is 179 g/mol. The minimum absolute atomic E-state index is 0.0170. The Labute approximate surface area is 77.5 Å². The van der Waals surface area contributed by atoms with E-state index in [4.69, 9.17) is 15.2 Å². The van der Waals surface area contributed by atoms with Crippen LogP contribution < -0.4 is 15.2 Å². The van der Waals surface area contributed by atoms with Crippen molar-refractivity contribution in [3.63, 3.8) is 0 Å². The van der Waals surface area contributed by atoms with Crippen LogP contribution in [0.25, 0.3) is 0 Å². The van der Waals surface area contributed by atoms with Gasteiger partial charge < -0.3 is 15.2 Å². The van der Waals surface area contributed by atoms with Crippen molar-refractivity contribution in [1.82, 2.24) is 0 Å². The molecular formula is C10H13NO2. The Balaban J connectivity index is 2.46. The third-order valence-corrected chi connectivity index (χ3v) is 2.09. The molecule has 0 radical (unpaired) electrons. The molecule has 0 amide bonds. The van der Waals surface area contributed by atoms with Crippen LogP contribution in [0.4, 0.5) is 0 Å². The molecule has 0 saturated carbocycles. The van der Waals surface area contributed by atoms with E-state index in [-0.39, 0.29) is 6.04 Å². The average molecular weight is 179 g/mol. The molecule has 0 bridgehead atoms. The van der Waals surface area contributed by atoms with E-state index in [1.165, 1.54) is 0 Å². The third kappa shape index (κ3) is 1.47. The largest absolute Gasteiger partial charge is 0.486 e. The van der Waals surface area contributed by atoms with Crippen LogP contribution in [0, 0.1) is 0 Å². The molecule has 2 N–H and O–H groups in total. The molecule has 0 aromatic heterocycles. The van der Waals surface area contributed by atoms with Crippen molar-refractivity contribution in [1.29, 1.82) is 0 Å². The zero-order valence-corrected chi connectivity index (χ0v) is 7.62. The average Bonchev–Trinajstić information content (AvgIpc) is 2.17. The van der Waals surface area contributed by atoms with Gasteiger partial charge in [0.25, 0.3) is 0 Å². The van der Waals surface area contributed by atoms with Crippen LogP contribution in [0.3, 0.4) is 0 Å². The van der Waals surface area contributed by atoms with Gasteiger partial charge in [-0.05, 0) is 13.0 Å². The highest BCUT2D eigenvalue weighted by molar-refractivity contribution is 5.48. The number of nitrogens with two attached hydrogens (primary N) is 1. The van der Waals surface area contributed by atoms with Crippen molar-refractivity contribution in [2.24, 2.45) is 5.73 Å². The van der Waals surface area contributed by atoms with Crippen molar-refractivity contribution in [2.75, 3.05) is 13.2 Å². The molecule has 70 valence electrons. The lowest BCUT2D eigenvalue weighted by Crippen LogP contribution is -2.18. The normalized spacial score (nSPS) is 16.8. The summed E-state index contributed by atoms with van der Waals surface area (Å²) in [6, 6.07) is 5.79. The molecule has 0 saturated heterocycles. The van der Waals surface area contributed by atoms with Gasteiger partial charge in [0.15, 0.2) is 11.5 Å². The summed E-state index contributed by atoms with van der Waals surface area (Å²) in [4.78, 5) is 0. The second kappa shape index (κ2) is 3.26. The van der Waals surface area contributed by atoms with Gasteiger partial charge in [-0.1, -0.05) is 12.1 Å². The number of hydrogen-bond donors (Lipinski definition) is 1. The number of fused-ring (bicyclic) bond motifs is 1. The van der Waals surface area contributed by atoms with E-state index >= 15 is 0 Å². The fourth-order valence-electron chi connectivity index (χ4n) is 1.45. The first-order chi connectivity index (χ1) is 6.29. The van der Waals surface area contributed by atoms with E-state index in [0.717, 1.165) is 17.1 Å². The minimum atomic E-state index is -0.0170. The number of para-hydroxylation sites is 1. The SMILES string of the molecule is C[C@H](N)c1cccc2c1OCCO2. The minimum Gasteiger partial charge on any atom is -0.486 e. The Hall–Kier alpha value is -1.22. The van der Waals surface area contributed by atoms with Gasteiger partial charge in [0.1, 0.15) is 13.2 Å². The molecule has 2 rings (SSSR count). The first kappa shape index (κ1) is 8.38. The van der Waals surface area contributed by atoms with Crippen LogP contribution in [-0.4, -0.2) is 13.2 Å². The molecule has 1 atom stereocenters. The first-order valence-electron chi connectivity index (χ1n) is 4.43. The van der Waals surface area contributed by atoms with Gasteiger partial charge in [-0.15, -0.1) is 0 Å². The molecule has 1 aliphatic heterocycles. The Morgan fingerprint density at radius 1 is 1.31 bits per heavy atom. The highest BCUT2D eigenvalue weighted by Gasteiger charge is 2.16. The van der Waals surface area contributed by atoms with Crippen molar-refractivity contribution < 1.29 is 9.47 Å². The van der Waals surface area contributed by atoms with Crippen LogP contribution in [0.1, 0.15) is 18.5 Å². The number of benzene rings is 1. The molecule has 0 aliphatic carbocycles. The summed E-state index contributed by atoms with van der Waals surface area (Å²) in [5, 5.41) is 0. The molecule has 3 nitrogen and oxygen atoms in total. The van der Waals surface area contributed by atoms with Crippen LogP contribution in [-0.2, 0) is 0 Å². The Morgan fingerprint density at radius 2 is 2.08 bits per heavy atom. The summed E-state index contributed by atoms with van der Waals surface area (Å²) < 4.78 is 10.9. The lowest BCUT2D eigenvalue weighted by molar-refractivity contribution is 0.169. The number of rotatable bonds is 1. The highest BCUT2D eigenvalue weighted by Crippen LogP contribution is 2.35. The van der Waals surface area contributed by atoms with E-state index < -0.39 is 0 Å². The summed E-state index contributed by atoms with van der Waals surface area (Å²) in [7, 11) is 0. The molecular weight excluding hydrogens is 166 g/mol. The van der Waals surface area contributed by atoms with E-state index in [9.17, 15) is 0 Å². The zero-order chi connectivity index (χ0) is 9.26. The molecule has 1 aliphatic rings. The second-order valence-electron chi connectivity index (χ2n) is 3.16. The third-order valence-electron chi connectivity index (χ3n) is 2.09. The first-order valence-corrected chi connectivity index (χ1v) is 4.43. The number of ether oxygens (including phenoxy) is 2. The fourth-order valence-corrected chi connectivity index (χ4v) is 1.45. The smallest absolute Gasteiger partial charge is 0.166 e. The van der Waals surface area contributed by atoms with E-state index in [1.807, 2.05) is 25.1 Å². The summed E-state index contributed by atoms with van der Waals surface area (Å²) in [5.74, 6) is 1.62. The molecule has 1 aromatic rings. The lowest BCUT2D eigenvalue weighted by Gasteiger charge is -2.22.